The molecule has 0 fully saturated rings. The van der Waals surface area contributed by atoms with Gasteiger partial charge in [0.1, 0.15) is 6.04 Å². The molecule has 160 valence electrons. The van der Waals surface area contributed by atoms with Gasteiger partial charge >= 0.3 is 0 Å². The Hall–Kier alpha value is -3.40. The van der Waals surface area contributed by atoms with Crippen LogP contribution in [0, 0.1) is 13.8 Å². The third kappa shape index (κ3) is 6.05. The summed E-state index contributed by atoms with van der Waals surface area (Å²) in [7, 11) is 1.62. The maximum atomic E-state index is 13.5. The molecule has 0 spiro atoms. The first-order chi connectivity index (χ1) is 15.0. The van der Waals surface area contributed by atoms with Gasteiger partial charge in [0.2, 0.25) is 11.8 Å². The van der Waals surface area contributed by atoms with Crippen molar-refractivity contribution in [2.75, 3.05) is 7.05 Å². The molecular formula is C27H30N2O2. The highest BCUT2D eigenvalue weighted by Gasteiger charge is 2.29. The molecule has 0 aliphatic heterocycles. The SMILES string of the molecule is CNC(=O)[C@@H](Cc1ccccc1)N(Cc1ccccc1)C(=O)Cc1ccc(C)c(C)c1. The predicted octanol–water partition coefficient (Wildman–Crippen LogP) is 4.23. The number of hydrogen-bond acceptors (Lipinski definition) is 2. The molecule has 1 atom stereocenters. The average molecular weight is 415 g/mol. The number of nitrogens with one attached hydrogen (secondary N) is 1. The summed E-state index contributed by atoms with van der Waals surface area (Å²) >= 11 is 0. The van der Waals surface area contributed by atoms with E-state index in [0.29, 0.717) is 13.0 Å². The standard InChI is InChI=1S/C27H30N2O2/c1-20-14-15-24(16-21(20)2)18-26(30)29(19-23-12-8-5-9-13-23)25(27(31)28-3)17-22-10-6-4-7-11-22/h4-16,25H,17-19H2,1-3H3,(H,28,31)/t25-/m1/s1. The second-order valence-electron chi connectivity index (χ2n) is 7.92. The van der Waals surface area contributed by atoms with Gasteiger partial charge in [-0.3, -0.25) is 9.59 Å². The van der Waals surface area contributed by atoms with Crippen LogP contribution >= 0.6 is 0 Å². The van der Waals surface area contributed by atoms with Gasteiger partial charge in [-0.25, -0.2) is 0 Å². The summed E-state index contributed by atoms with van der Waals surface area (Å²) in [5, 5.41) is 2.75. The number of likely N-dealkylation sites (N-methyl/N-ethyl adjacent to an activating group) is 1. The van der Waals surface area contributed by atoms with E-state index in [-0.39, 0.29) is 18.2 Å². The zero-order chi connectivity index (χ0) is 22.2. The van der Waals surface area contributed by atoms with Crippen LogP contribution in [-0.2, 0) is 29.0 Å². The van der Waals surface area contributed by atoms with Crippen LogP contribution in [0.1, 0.15) is 27.8 Å². The Morgan fingerprint density at radius 1 is 0.806 bits per heavy atom. The first kappa shape index (κ1) is 22.3. The minimum atomic E-state index is -0.591. The van der Waals surface area contributed by atoms with Gasteiger partial charge in [0.05, 0.1) is 6.42 Å². The van der Waals surface area contributed by atoms with Crippen LogP contribution in [0.25, 0.3) is 0 Å². The van der Waals surface area contributed by atoms with E-state index in [0.717, 1.165) is 22.3 Å². The van der Waals surface area contributed by atoms with Crippen molar-refractivity contribution in [3.63, 3.8) is 0 Å². The van der Waals surface area contributed by atoms with Gasteiger partial charge in [0.25, 0.3) is 0 Å². The molecule has 0 heterocycles. The van der Waals surface area contributed by atoms with Gasteiger partial charge in [0.15, 0.2) is 0 Å². The quantitative estimate of drug-likeness (QED) is 0.600. The fourth-order valence-corrected chi connectivity index (χ4v) is 3.69. The van der Waals surface area contributed by atoms with E-state index in [2.05, 4.69) is 18.3 Å². The molecule has 4 heteroatoms. The van der Waals surface area contributed by atoms with E-state index in [9.17, 15) is 9.59 Å². The van der Waals surface area contributed by atoms with E-state index in [4.69, 9.17) is 0 Å². The molecule has 0 saturated carbocycles. The molecule has 3 aromatic carbocycles. The highest BCUT2D eigenvalue weighted by molar-refractivity contribution is 5.88. The van der Waals surface area contributed by atoms with E-state index < -0.39 is 6.04 Å². The number of carbonyl (C=O) groups excluding carboxylic acids is 2. The summed E-state index contributed by atoms with van der Waals surface area (Å²) < 4.78 is 0. The summed E-state index contributed by atoms with van der Waals surface area (Å²) in [5.74, 6) is -0.218. The number of aryl methyl sites for hydroxylation is 2. The van der Waals surface area contributed by atoms with Gasteiger partial charge in [0, 0.05) is 20.0 Å². The van der Waals surface area contributed by atoms with Crippen molar-refractivity contribution in [2.24, 2.45) is 0 Å². The van der Waals surface area contributed by atoms with Crippen molar-refractivity contribution in [1.82, 2.24) is 10.2 Å². The Kier molecular flexibility index (Phi) is 7.60. The van der Waals surface area contributed by atoms with Crippen molar-refractivity contribution in [2.45, 2.75) is 39.3 Å². The number of nitrogens with zero attached hydrogens (tertiary/aromatic N) is 1. The average Bonchev–Trinajstić information content (AvgIpc) is 2.79. The van der Waals surface area contributed by atoms with Crippen LogP contribution in [0.3, 0.4) is 0 Å². The lowest BCUT2D eigenvalue weighted by atomic mass is 10.0. The first-order valence-electron chi connectivity index (χ1n) is 10.6. The van der Waals surface area contributed by atoms with E-state index in [1.54, 1.807) is 11.9 Å². The fraction of sp³-hybridized carbons (Fsp3) is 0.259. The summed E-state index contributed by atoms with van der Waals surface area (Å²) in [6.07, 6.45) is 0.724. The normalized spacial score (nSPS) is 11.6. The van der Waals surface area contributed by atoms with Gasteiger partial charge < -0.3 is 10.2 Å². The smallest absolute Gasteiger partial charge is 0.242 e. The lowest BCUT2D eigenvalue weighted by molar-refractivity contribution is -0.140. The summed E-state index contributed by atoms with van der Waals surface area (Å²) in [6, 6.07) is 25.2. The Morgan fingerprint density at radius 2 is 1.42 bits per heavy atom. The van der Waals surface area contributed by atoms with Gasteiger partial charge in [-0.05, 0) is 41.7 Å². The molecule has 0 aromatic heterocycles. The molecule has 0 saturated heterocycles. The summed E-state index contributed by atoms with van der Waals surface area (Å²) in [6.45, 7) is 4.49. The highest BCUT2D eigenvalue weighted by Crippen LogP contribution is 2.17. The van der Waals surface area contributed by atoms with Crippen LogP contribution in [0.15, 0.2) is 78.9 Å². The molecule has 0 bridgehead atoms. The number of rotatable bonds is 8. The minimum absolute atomic E-state index is 0.0587. The lowest BCUT2D eigenvalue weighted by Gasteiger charge is -2.31. The second-order valence-corrected chi connectivity index (χ2v) is 7.92. The highest BCUT2D eigenvalue weighted by atomic mass is 16.2. The van der Waals surface area contributed by atoms with Crippen molar-refractivity contribution in [3.05, 3.63) is 107 Å². The monoisotopic (exact) mass is 414 g/mol. The number of carbonyl (C=O) groups is 2. The molecule has 0 radical (unpaired) electrons. The van der Waals surface area contributed by atoms with Crippen LogP contribution in [0.4, 0.5) is 0 Å². The Bertz CT molecular complexity index is 1020. The lowest BCUT2D eigenvalue weighted by Crippen LogP contribution is -2.50. The third-order valence-electron chi connectivity index (χ3n) is 5.64. The van der Waals surface area contributed by atoms with Crippen LogP contribution in [0.5, 0.6) is 0 Å². The Balaban J connectivity index is 1.92. The maximum Gasteiger partial charge on any atom is 0.242 e. The van der Waals surface area contributed by atoms with E-state index in [1.165, 1.54) is 5.56 Å². The Labute approximate surface area is 184 Å². The van der Waals surface area contributed by atoms with Crippen molar-refractivity contribution >= 4 is 11.8 Å². The molecule has 3 rings (SSSR count). The molecule has 0 unspecified atom stereocenters. The van der Waals surface area contributed by atoms with Crippen LogP contribution in [-0.4, -0.2) is 29.8 Å². The van der Waals surface area contributed by atoms with E-state index in [1.807, 2.05) is 79.7 Å². The van der Waals surface area contributed by atoms with Gasteiger partial charge in [-0.1, -0.05) is 78.9 Å². The number of amides is 2. The molecule has 31 heavy (non-hydrogen) atoms. The maximum absolute atomic E-state index is 13.5. The first-order valence-corrected chi connectivity index (χ1v) is 10.6. The summed E-state index contributed by atoms with van der Waals surface area (Å²) in [5.41, 5.74) is 5.34. The largest absolute Gasteiger partial charge is 0.357 e. The molecule has 3 aromatic rings. The third-order valence-corrected chi connectivity index (χ3v) is 5.64. The molecular weight excluding hydrogens is 384 g/mol. The zero-order valence-corrected chi connectivity index (χ0v) is 18.5. The molecule has 2 amide bonds. The number of hydrogen-bond donors (Lipinski definition) is 1. The van der Waals surface area contributed by atoms with Gasteiger partial charge in [-0.2, -0.15) is 0 Å². The number of benzene rings is 3. The second kappa shape index (κ2) is 10.6. The van der Waals surface area contributed by atoms with Crippen molar-refractivity contribution in [3.8, 4) is 0 Å². The molecule has 0 aliphatic carbocycles. The fourth-order valence-electron chi connectivity index (χ4n) is 3.69. The molecule has 4 nitrogen and oxygen atoms in total. The van der Waals surface area contributed by atoms with Crippen molar-refractivity contribution in [1.29, 1.82) is 0 Å². The topological polar surface area (TPSA) is 49.4 Å². The minimum Gasteiger partial charge on any atom is -0.357 e. The van der Waals surface area contributed by atoms with E-state index >= 15 is 0 Å². The van der Waals surface area contributed by atoms with Crippen LogP contribution < -0.4 is 5.32 Å². The van der Waals surface area contributed by atoms with Crippen molar-refractivity contribution < 1.29 is 9.59 Å². The van der Waals surface area contributed by atoms with Gasteiger partial charge in [-0.15, -0.1) is 0 Å². The van der Waals surface area contributed by atoms with Crippen LogP contribution in [0.2, 0.25) is 0 Å². The Morgan fingerprint density at radius 3 is 2.00 bits per heavy atom. The predicted molar refractivity (Wildman–Crippen MR) is 125 cm³/mol. The zero-order valence-electron chi connectivity index (χ0n) is 18.5. The molecule has 1 N–H and O–H groups in total. The molecule has 0 aliphatic rings. The summed E-state index contributed by atoms with van der Waals surface area (Å²) in [4.78, 5) is 28.1.